The van der Waals surface area contributed by atoms with Crippen molar-refractivity contribution in [2.24, 2.45) is 0 Å². The maximum Gasteiger partial charge on any atom is -0.000718 e. The van der Waals surface area contributed by atoms with Crippen LogP contribution in [0.2, 0.25) is 0 Å². The lowest BCUT2D eigenvalue weighted by Crippen LogP contribution is -1.84. The second-order valence-corrected chi connectivity index (χ2v) is 8.59. The van der Waals surface area contributed by atoms with Crippen molar-refractivity contribution >= 4 is 75.4 Å². The highest BCUT2D eigenvalue weighted by Gasteiger charge is 2.25. The fraction of sp³-hybridized carbons (Fsp3) is 0.0714. The molecule has 8 aromatic carbocycles. The van der Waals surface area contributed by atoms with Crippen molar-refractivity contribution in [2.45, 2.75) is 13.8 Å². The molecule has 8 aromatic rings. The van der Waals surface area contributed by atoms with Gasteiger partial charge in [-0.1, -0.05) is 60.7 Å². The van der Waals surface area contributed by atoms with E-state index in [0.717, 1.165) is 0 Å². The Morgan fingerprint density at radius 3 is 0.929 bits per heavy atom. The van der Waals surface area contributed by atoms with Crippen molar-refractivity contribution in [3.8, 4) is 0 Å². The number of hydrogen-bond donors (Lipinski definition) is 0. The first kappa shape index (κ1) is 13.7. The Morgan fingerprint density at radius 1 is 0.286 bits per heavy atom. The van der Waals surface area contributed by atoms with Crippen LogP contribution in [-0.2, 0) is 0 Å². The molecule has 0 atom stereocenters. The van der Waals surface area contributed by atoms with E-state index >= 15 is 0 Å². The van der Waals surface area contributed by atoms with Gasteiger partial charge in [-0.2, -0.15) is 0 Å². The average molecular weight is 352 g/mol. The van der Waals surface area contributed by atoms with Gasteiger partial charge in [0.1, 0.15) is 0 Å². The molecule has 0 aliphatic rings. The number of rotatable bonds is 0. The SMILES string of the molecule is Cc1ccc2c3ccc4c5ccc(C)c6ccc7c8ccc1c2c8c3c4c7c65. The molecular weight excluding hydrogens is 336 g/mol. The van der Waals surface area contributed by atoms with Gasteiger partial charge in [0.25, 0.3) is 0 Å². The first-order chi connectivity index (χ1) is 13.7. The van der Waals surface area contributed by atoms with Crippen molar-refractivity contribution in [1.82, 2.24) is 0 Å². The zero-order valence-corrected chi connectivity index (χ0v) is 15.8. The second-order valence-electron chi connectivity index (χ2n) is 8.59. The molecule has 0 heteroatoms. The van der Waals surface area contributed by atoms with Crippen molar-refractivity contribution in [3.05, 3.63) is 71.8 Å². The minimum absolute atomic E-state index is 1.37. The normalized spacial score (nSPS) is 13.4. The number of hydrogen-bond acceptors (Lipinski definition) is 0. The van der Waals surface area contributed by atoms with E-state index in [4.69, 9.17) is 0 Å². The molecule has 0 spiro atoms. The predicted octanol–water partition coefficient (Wildman–Crippen LogP) is 8.13. The van der Waals surface area contributed by atoms with Gasteiger partial charge < -0.3 is 0 Å². The van der Waals surface area contributed by atoms with E-state index in [9.17, 15) is 0 Å². The van der Waals surface area contributed by atoms with E-state index in [1.165, 1.54) is 86.5 Å². The minimum atomic E-state index is 1.37. The summed E-state index contributed by atoms with van der Waals surface area (Å²) >= 11 is 0. The molecule has 8 rings (SSSR count). The average Bonchev–Trinajstić information content (AvgIpc) is 3.23. The van der Waals surface area contributed by atoms with E-state index in [0.29, 0.717) is 0 Å². The summed E-state index contributed by atoms with van der Waals surface area (Å²) in [7, 11) is 0. The summed E-state index contributed by atoms with van der Waals surface area (Å²) in [5.41, 5.74) is 2.73. The van der Waals surface area contributed by atoms with Crippen LogP contribution in [0.1, 0.15) is 11.1 Å². The van der Waals surface area contributed by atoms with E-state index in [-0.39, 0.29) is 0 Å². The Balaban J connectivity index is 1.91. The van der Waals surface area contributed by atoms with Gasteiger partial charge in [-0.25, -0.2) is 0 Å². The lowest BCUT2D eigenvalue weighted by molar-refractivity contribution is 1.55. The van der Waals surface area contributed by atoms with Crippen molar-refractivity contribution in [3.63, 3.8) is 0 Å². The van der Waals surface area contributed by atoms with Gasteiger partial charge in [0, 0.05) is 0 Å². The Bertz CT molecular complexity index is 1730. The fourth-order valence-corrected chi connectivity index (χ4v) is 6.17. The van der Waals surface area contributed by atoms with Gasteiger partial charge in [-0.15, -0.1) is 0 Å². The van der Waals surface area contributed by atoms with Crippen LogP contribution in [0, 0.1) is 13.8 Å². The molecule has 0 heterocycles. The quantitative estimate of drug-likeness (QED) is 0.242. The lowest BCUT2D eigenvalue weighted by atomic mass is 9.91. The zero-order chi connectivity index (χ0) is 18.3. The first-order valence-corrected chi connectivity index (χ1v) is 10.1. The third kappa shape index (κ3) is 1.21. The highest BCUT2D eigenvalue weighted by Crippen LogP contribution is 2.53. The fourth-order valence-electron chi connectivity index (χ4n) is 6.17. The maximum absolute atomic E-state index is 2.37. The molecular formula is C28H16. The number of aryl methyl sites for hydroxylation is 2. The molecule has 0 N–H and O–H groups in total. The van der Waals surface area contributed by atoms with E-state index < -0.39 is 0 Å². The molecule has 0 nitrogen and oxygen atoms in total. The molecule has 0 fully saturated rings. The zero-order valence-electron chi connectivity index (χ0n) is 15.8. The highest BCUT2D eigenvalue weighted by atomic mass is 14.3. The van der Waals surface area contributed by atoms with Gasteiger partial charge in [-0.05, 0) is 100 Å². The van der Waals surface area contributed by atoms with Crippen LogP contribution in [0.15, 0.2) is 60.7 Å². The van der Waals surface area contributed by atoms with Gasteiger partial charge in [0.05, 0.1) is 0 Å². The van der Waals surface area contributed by atoms with Crippen LogP contribution >= 0.6 is 0 Å². The molecule has 0 aliphatic carbocycles. The molecule has 0 saturated heterocycles. The van der Waals surface area contributed by atoms with Crippen molar-refractivity contribution < 1.29 is 0 Å². The van der Waals surface area contributed by atoms with Crippen LogP contribution in [0.3, 0.4) is 0 Å². The van der Waals surface area contributed by atoms with Gasteiger partial charge in [0.15, 0.2) is 0 Å². The summed E-state index contributed by atoms with van der Waals surface area (Å²) in [6.07, 6.45) is 0. The highest BCUT2D eigenvalue weighted by molar-refractivity contribution is 6.51. The van der Waals surface area contributed by atoms with Crippen LogP contribution in [0.5, 0.6) is 0 Å². The topological polar surface area (TPSA) is 0 Å². The van der Waals surface area contributed by atoms with Crippen LogP contribution in [-0.4, -0.2) is 0 Å². The third-order valence-electron chi connectivity index (χ3n) is 7.37. The number of benzene rings is 6. The predicted molar refractivity (Wildman–Crippen MR) is 123 cm³/mol. The Hall–Kier alpha value is -3.38. The maximum atomic E-state index is 2.37. The molecule has 128 valence electrons. The molecule has 0 saturated carbocycles. The van der Waals surface area contributed by atoms with Crippen molar-refractivity contribution in [2.75, 3.05) is 0 Å². The smallest absolute Gasteiger partial charge is 0.000718 e. The Morgan fingerprint density at radius 2 is 0.536 bits per heavy atom. The van der Waals surface area contributed by atoms with E-state index in [1.807, 2.05) is 0 Å². The van der Waals surface area contributed by atoms with Crippen LogP contribution in [0.4, 0.5) is 0 Å². The van der Waals surface area contributed by atoms with E-state index in [1.54, 1.807) is 0 Å². The third-order valence-corrected chi connectivity index (χ3v) is 7.37. The molecule has 28 heavy (non-hydrogen) atoms. The summed E-state index contributed by atoms with van der Waals surface area (Å²) < 4.78 is 0. The van der Waals surface area contributed by atoms with Gasteiger partial charge in [0.2, 0.25) is 0 Å². The Kier molecular flexibility index (Phi) is 1.99. The summed E-state index contributed by atoms with van der Waals surface area (Å²) in [6.45, 7) is 4.47. The van der Waals surface area contributed by atoms with E-state index in [2.05, 4.69) is 74.5 Å². The van der Waals surface area contributed by atoms with Crippen LogP contribution in [0.25, 0.3) is 75.4 Å². The van der Waals surface area contributed by atoms with Crippen molar-refractivity contribution in [1.29, 1.82) is 0 Å². The lowest BCUT2D eigenvalue weighted by Gasteiger charge is -2.11. The Labute approximate surface area is 161 Å². The summed E-state index contributed by atoms with van der Waals surface area (Å²) in [4.78, 5) is 0. The summed E-state index contributed by atoms with van der Waals surface area (Å²) in [6, 6.07) is 23.4. The molecule has 0 aliphatic heterocycles. The molecule has 0 aromatic heterocycles. The standard InChI is InChI=1S/C28H16/c1-13-3-5-17-19-11-12-20-18-6-4-14(2)16-8-10-22-21-9-7-15(13)23(17)25(21)27(19)28(20)26(22)24(16)18/h3-12H,1-2H3. The molecule has 0 bridgehead atoms. The first-order valence-electron chi connectivity index (χ1n) is 10.1. The van der Waals surface area contributed by atoms with Gasteiger partial charge >= 0.3 is 0 Å². The van der Waals surface area contributed by atoms with Crippen LogP contribution < -0.4 is 0 Å². The minimum Gasteiger partial charge on any atom is -0.0581 e. The molecule has 0 amide bonds. The largest absolute Gasteiger partial charge is 0.0581 e. The second kappa shape index (κ2) is 4.05. The monoisotopic (exact) mass is 352 g/mol. The molecule has 0 unspecified atom stereocenters. The molecule has 0 radical (unpaired) electrons. The number of fused-ring (bicyclic) bond motifs is 3. The summed E-state index contributed by atoms with van der Waals surface area (Å²) in [5.74, 6) is 0. The van der Waals surface area contributed by atoms with Gasteiger partial charge in [-0.3, -0.25) is 0 Å². The summed E-state index contributed by atoms with van der Waals surface area (Å²) in [5, 5.41) is 20.1.